The third-order valence-corrected chi connectivity index (χ3v) is 2.91. The zero-order valence-electron chi connectivity index (χ0n) is 9.02. The third kappa shape index (κ3) is 2.59. The predicted molar refractivity (Wildman–Crippen MR) is 63.3 cm³/mol. The maximum atomic E-state index is 12.1. The first-order chi connectivity index (χ1) is 7.66. The largest absolute Gasteiger partial charge is 0.375 e. The minimum atomic E-state index is 0.0175. The van der Waals surface area contributed by atoms with Crippen LogP contribution in [0.2, 0.25) is 0 Å². The van der Waals surface area contributed by atoms with Crippen LogP contribution < -0.4 is 0 Å². The second-order valence-electron chi connectivity index (χ2n) is 3.82. The van der Waals surface area contributed by atoms with Gasteiger partial charge in [0.25, 0.3) is 5.91 Å². The highest BCUT2D eigenvalue weighted by Crippen LogP contribution is 2.13. The van der Waals surface area contributed by atoms with Crippen LogP contribution in [0.25, 0.3) is 0 Å². The van der Waals surface area contributed by atoms with Crippen molar-refractivity contribution >= 4 is 21.8 Å². The van der Waals surface area contributed by atoms with Crippen molar-refractivity contribution in [1.82, 2.24) is 9.88 Å². The Morgan fingerprint density at radius 2 is 2.44 bits per heavy atom. The van der Waals surface area contributed by atoms with Crippen LogP contribution in [0, 0.1) is 0 Å². The quantitative estimate of drug-likeness (QED) is 0.788. The van der Waals surface area contributed by atoms with Gasteiger partial charge < -0.3 is 9.64 Å². The van der Waals surface area contributed by atoms with Crippen LogP contribution in [0.15, 0.2) is 22.9 Å². The van der Waals surface area contributed by atoms with E-state index in [4.69, 9.17) is 4.74 Å². The lowest BCUT2D eigenvalue weighted by Gasteiger charge is -2.31. The lowest BCUT2D eigenvalue weighted by Crippen LogP contribution is -2.44. The maximum absolute atomic E-state index is 12.1. The van der Waals surface area contributed by atoms with Gasteiger partial charge in [0.2, 0.25) is 0 Å². The molecule has 1 aliphatic rings. The van der Waals surface area contributed by atoms with Crippen LogP contribution in [0.4, 0.5) is 0 Å². The highest BCUT2D eigenvalue weighted by atomic mass is 79.9. The molecule has 1 aliphatic heterocycles. The molecule has 2 heterocycles. The maximum Gasteiger partial charge on any atom is 0.255 e. The van der Waals surface area contributed by atoms with Crippen LogP contribution >= 0.6 is 15.9 Å². The summed E-state index contributed by atoms with van der Waals surface area (Å²) in [6, 6.07) is 1.79. The molecule has 0 radical (unpaired) electrons. The molecule has 5 heteroatoms. The van der Waals surface area contributed by atoms with Crippen LogP contribution in [0.1, 0.15) is 17.3 Å². The number of aromatic nitrogens is 1. The Hall–Kier alpha value is -0.940. The molecule has 1 saturated heterocycles. The zero-order chi connectivity index (χ0) is 11.5. The highest BCUT2D eigenvalue weighted by Gasteiger charge is 2.22. The highest BCUT2D eigenvalue weighted by molar-refractivity contribution is 9.10. The Kier molecular flexibility index (Phi) is 3.56. The van der Waals surface area contributed by atoms with Crippen molar-refractivity contribution in [1.29, 1.82) is 0 Å². The Bertz CT molecular complexity index is 397. The molecule has 0 aliphatic carbocycles. The van der Waals surface area contributed by atoms with Gasteiger partial charge in [-0.2, -0.15) is 0 Å². The smallest absolute Gasteiger partial charge is 0.255 e. The van der Waals surface area contributed by atoms with Gasteiger partial charge in [-0.15, -0.1) is 0 Å². The summed E-state index contributed by atoms with van der Waals surface area (Å²) < 4.78 is 6.22. The SMILES string of the molecule is CC1CN(C(=O)c2cncc(Br)c2)CCO1. The van der Waals surface area contributed by atoms with Crippen molar-refractivity contribution < 1.29 is 9.53 Å². The van der Waals surface area contributed by atoms with Gasteiger partial charge in [-0.3, -0.25) is 9.78 Å². The zero-order valence-corrected chi connectivity index (χ0v) is 10.6. The number of halogens is 1. The number of carbonyl (C=O) groups excluding carboxylic acids is 1. The normalized spacial score (nSPS) is 20.9. The summed E-state index contributed by atoms with van der Waals surface area (Å²) in [5.74, 6) is 0.0175. The number of morpholine rings is 1. The number of ether oxygens (including phenoxy) is 1. The number of nitrogens with zero attached hydrogens (tertiary/aromatic N) is 2. The molecule has 1 unspecified atom stereocenters. The second kappa shape index (κ2) is 4.93. The number of pyridine rings is 1. The van der Waals surface area contributed by atoms with E-state index in [2.05, 4.69) is 20.9 Å². The number of hydrogen-bond acceptors (Lipinski definition) is 3. The van der Waals surface area contributed by atoms with Crippen LogP contribution in [-0.2, 0) is 4.74 Å². The van der Waals surface area contributed by atoms with E-state index in [-0.39, 0.29) is 12.0 Å². The minimum absolute atomic E-state index is 0.0175. The number of hydrogen-bond donors (Lipinski definition) is 0. The van der Waals surface area contributed by atoms with Gasteiger partial charge >= 0.3 is 0 Å². The lowest BCUT2D eigenvalue weighted by atomic mass is 10.2. The number of amides is 1. The average Bonchev–Trinajstić information content (AvgIpc) is 2.28. The summed E-state index contributed by atoms with van der Waals surface area (Å²) >= 11 is 3.31. The van der Waals surface area contributed by atoms with E-state index >= 15 is 0 Å². The molecule has 4 nitrogen and oxygen atoms in total. The van der Waals surface area contributed by atoms with Crippen molar-refractivity contribution in [3.63, 3.8) is 0 Å². The monoisotopic (exact) mass is 284 g/mol. The first-order valence-corrected chi connectivity index (χ1v) is 5.97. The van der Waals surface area contributed by atoms with Gasteiger partial charge in [-0.1, -0.05) is 0 Å². The standard InChI is InChI=1S/C11H13BrN2O2/c1-8-7-14(2-3-16-8)11(15)9-4-10(12)6-13-5-9/h4-6,8H,2-3,7H2,1H3. The van der Waals surface area contributed by atoms with Crippen LogP contribution in [0.5, 0.6) is 0 Å². The second-order valence-corrected chi connectivity index (χ2v) is 4.74. The Morgan fingerprint density at radius 3 is 3.12 bits per heavy atom. The van der Waals surface area contributed by atoms with E-state index in [0.717, 1.165) is 4.47 Å². The lowest BCUT2D eigenvalue weighted by molar-refractivity contribution is -0.0124. The molecule has 0 N–H and O–H groups in total. The van der Waals surface area contributed by atoms with Crippen molar-refractivity contribution in [2.75, 3.05) is 19.7 Å². The fourth-order valence-electron chi connectivity index (χ4n) is 1.71. The molecule has 2 rings (SSSR count). The Balaban J connectivity index is 2.12. The van der Waals surface area contributed by atoms with Crippen LogP contribution in [-0.4, -0.2) is 41.6 Å². The Labute approximate surface area is 103 Å². The molecule has 0 bridgehead atoms. The summed E-state index contributed by atoms with van der Waals surface area (Å²) in [7, 11) is 0. The number of rotatable bonds is 1. The molecule has 0 aromatic carbocycles. The molecule has 1 fully saturated rings. The van der Waals surface area contributed by atoms with Gasteiger partial charge in [0.1, 0.15) is 0 Å². The first kappa shape index (κ1) is 11.5. The van der Waals surface area contributed by atoms with Gasteiger partial charge in [-0.25, -0.2) is 0 Å². The minimum Gasteiger partial charge on any atom is -0.375 e. The van der Waals surface area contributed by atoms with E-state index in [1.807, 2.05) is 6.92 Å². The first-order valence-electron chi connectivity index (χ1n) is 5.18. The van der Waals surface area contributed by atoms with Gasteiger partial charge in [0.15, 0.2) is 0 Å². The topological polar surface area (TPSA) is 42.4 Å². The summed E-state index contributed by atoms with van der Waals surface area (Å²) in [5, 5.41) is 0. The molecule has 0 spiro atoms. The molecular formula is C11H13BrN2O2. The summed E-state index contributed by atoms with van der Waals surface area (Å²) in [4.78, 5) is 17.9. The fourth-order valence-corrected chi connectivity index (χ4v) is 2.08. The molecule has 86 valence electrons. The van der Waals surface area contributed by atoms with Crippen molar-refractivity contribution in [3.8, 4) is 0 Å². The van der Waals surface area contributed by atoms with E-state index < -0.39 is 0 Å². The van der Waals surface area contributed by atoms with E-state index in [1.165, 1.54) is 0 Å². The fraction of sp³-hybridized carbons (Fsp3) is 0.455. The average molecular weight is 285 g/mol. The van der Waals surface area contributed by atoms with Gasteiger partial charge in [-0.05, 0) is 28.9 Å². The third-order valence-electron chi connectivity index (χ3n) is 2.48. The van der Waals surface area contributed by atoms with Crippen molar-refractivity contribution in [2.24, 2.45) is 0 Å². The van der Waals surface area contributed by atoms with Gasteiger partial charge in [0.05, 0.1) is 18.3 Å². The molecule has 1 atom stereocenters. The van der Waals surface area contributed by atoms with E-state index in [0.29, 0.717) is 25.3 Å². The molecule has 0 saturated carbocycles. The van der Waals surface area contributed by atoms with E-state index in [9.17, 15) is 4.79 Å². The molecule has 16 heavy (non-hydrogen) atoms. The van der Waals surface area contributed by atoms with Crippen LogP contribution in [0.3, 0.4) is 0 Å². The number of carbonyl (C=O) groups is 1. The molecule has 1 amide bonds. The van der Waals surface area contributed by atoms with E-state index in [1.54, 1.807) is 23.4 Å². The van der Waals surface area contributed by atoms with Crippen molar-refractivity contribution in [3.05, 3.63) is 28.5 Å². The molecule has 1 aromatic heterocycles. The van der Waals surface area contributed by atoms with Crippen molar-refractivity contribution in [2.45, 2.75) is 13.0 Å². The Morgan fingerprint density at radius 1 is 1.62 bits per heavy atom. The summed E-state index contributed by atoms with van der Waals surface area (Å²) in [5.41, 5.74) is 0.614. The summed E-state index contributed by atoms with van der Waals surface area (Å²) in [6.07, 6.45) is 3.36. The molecular weight excluding hydrogens is 272 g/mol. The molecule has 1 aromatic rings. The predicted octanol–water partition coefficient (Wildman–Crippen LogP) is 1.71. The van der Waals surface area contributed by atoms with Gasteiger partial charge in [0, 0.05) is 30.0 Å². The summed E-state index contributed by atoms with van der Waals surface area (Å²) in [6.45, 7) is 3.87.